The Bertz CT molecular complexity index is 499. The van der Waals surface area contributed by atoms with Crippen LogP contribution in [0.2, 0.25) is 0 Å². The Morgan fingerprint density at radius 3 is 2.91 bits per heavy atom. The van der Waals surface area contributed by atoms with Crippen molar-refractivity contribution in [3.63, 3.8) is 0 Å². The van der Waals surface area contributed by atoms with Crippen molar-refractivity contribution in [3.05, 3.63) is 22.6 Å². The zero-order valence-corrected chi connectivity index (χ0v) is 15.2. The molecule has 0 amide bonds. The lowest BCUT2D eigenvalue weighted by molar-refractivity contribution is 0.131. The molecule has 6 nitrogen and oxygen atoms in total. The number of aliphatic imine (C=N–C) groups is 1. The summed E-state index contributed by atoms with van der Waals surface area (Å²) < 4.78 is 11.7. The fourth-order valence-electron chi connectivity index (χ4n) is 2.67. The van der Waals surface area contributed by atoms with Gasteiger partial charge in [0.25, 0.3) is 0 Å². The van der Waals surface area contributed by atoms with Gasteiger partial charge in [0.1, 0.15) is 5.76 Å². The van der Waals surface area contributed by atoms with Crippen LogP contribution in [0.15, 0.2) is 26.2 Å². The maximum absolute atomic E-state index is 9.28. The standard InChI is InChI=1S/C16H26BrN3O3/c1-2-18-15(19-8-5-13-3-4-14(17)23-13)20-11-16(6-9-21)7-10-22-12-16/h3-4,21H,2,5-12H2,1H3,(H2,18,19,20). The molecule has 130 valence electrons. The van der Waals surface area contributed by atoms with Crippen LogP contribution >= 0.6 is 15.9 Å². The third kappa shape index (κ3) is 5.82. The average molecular weight is 388 g/mol. The van der Waals surface area contributed by atoms with Crippen molar-refractivity contribution in [1.29, 1.82) is 0 Å². The lowest BCUT2D eigenvalue weighted by atomic mass is 9.84. The highest BCUT2D eigenvalue weighted by atomic mass is 79.9. The van der Waals surface area contributed by atoms with Crippen LogP contribution in [0.4, 0.5) is 0 Å². The maximum Gasteiger partial charge on any atom is 0.191 e. The summed E-state index contributed by atoms with van der Waals surface area (Å²) in [7, 11) is 0. The molecule has 7 heteroatoms. The second-order valence-electron chi connectivity index (χ2n) is 5.85. The van der Waals surface area contributed by atoms with E-state index in [4.69, 9.17) is 9.15 Å². The van der Waals surface area contributed by atoms with Gasteiger partial charge in [0.2, 0.25) is 0 Å². The molecule has 23 heavy (non-hydrogen) atoms. The fraction of sp³-hybridized carbons (Fsp3) is 0.688. The van der Waals surface area contributed by atoms with E-state index in [-0.39, 0.29) is 12.0 Å². The van der Waals surface area contributed by atoms with E-state index < -0.39 is 0 Å². The largest absolute Gasteiger partial charge is 0.454 e. The van der Waals surface area contributed by atoms with Gasteiger partial charge in [0.05, 0.1) is 13.2 Å². The van der Waals surface area contributed by atoms with Crippen LogP contribution in [-0.4, -0.2) is 50.5 Å². The summed E-state index contributed by atoms with van der Waals surface area (Å²) in [6, 6.07) is 3.86. The number of guanidine groups is 1. The molecule has 1 aromatic heterocycles. The van der Waals surface area contributed by atoms with Crippen LogP contribution in [-0.2, 0) is 11.2 Å². The molecule has 0 aromatic carbocycles. The number of aliphatic hydroxyl groups is 1. The normalized spacial score (nSPS) is 21.6. The molecule has 1 aliphatic heterocycles. The summed E-state index contributed by atoms with van der Waals surface area (Å²) in [6.45, 7) is 5.87. The molecule has 1 atom stereocenters. The van der Waals surface area contributed by atoms with Gasteiger partial charge in [-0.2, -0.15) is 0 Å². The zero-order chi connectivity index (χ0) is 16.5. The minimum atomic E-state index is -0.0248. The van der Waals surface area contributed by atoms with Crippen molar-refractivity contribution in [2.75, 3.05) is 39.5 Å². The van der Waals surface area contributed by atoms with Crippen LogP contribution in [0.1, 0.15) is 25.5 Å². The molecule has 2 rings (SSSR count). The van der Waals surface area contributed by atoms with E-state index in [1.807, 2.05) is 19.1 Å². The predicted molar refractivity (Wildman–Crippen MR) is 93.7 cm³/mol. The fourth-order valence-corrected chi connectivity index (χ4v) is 3.01. The Balaban J connectivity index is 1.86. The molecule has 3 N–H and O–H groups in total. The molecule has 2 heterocycles. The number of rotatable bonds is 8. The molecule has 1 unspecified atom stereocenters. The molecule has 0 radical (unpaired) electrons. The second-order valence-corrected chi connectivity index (χ2v) is 6.64. The van der Waals surface area contributed by atoms with Crippen molar-refractivity contribution < 1.29 is 14.3 Å². The average Bonchev–Trinajstić information content (AvgIpc) is 3.15. The minimum absolute atomic E-state index is 0.0248. The Kier molecular flexibility index (Phi) is 7.39. The van der Waals surface area contributed by atoms with Gasteiger partial charge in [0.15, 0.2) is 10.6 Å². The highest BCUT2D eigenvalue weighted by Gasteiger charge is 2.34. The van der Waals surface area contributed by atoms with Crippen molar-refractivity contribution in [1.82, 2.24) is 10.6 Å². The molecule has 0 spiro atoms. The molecule has 1 aliphatic rings. The van der Waals surface area contributed by atoms with E-state index in [1.165, 1.54) is 0 Å². The number of furan rings is 1. The van der Waals surface area contributed by atoms with Crippen molar-refractivity contribution in [2.45, 2.75) is 26.2 Å². The Hall–Kier alpha value is -1.05. The molecule has 1 fully saturated rings. The first-order chi connectivity index (χ1) is 11.2. The number of ether oxygens (including phenoxy) is 1. The summed E-state index contributed by atoms with van der Waals surface area (Å²) in [6.07, 6.45) is 2.48. The van der Waals surface area contributed by atoms with E-state index in [2.05, 4.69) is 31.6 Å². The molecule has 0 bridgehead atoms. The van der Waals surface area contributed by atoms with Crippen LogP contribution in [0, 0.1) is 5.41 Å². The Morgan fingerprint density at radius 2 is 2.30 bits per heavy atom. The van der Waals surface area contributed by atoms with E-state index in [0.29, 0.717) is 13.2 Å². The van der Waals surface area contributed by atoms with E-state index in [9.17, 15) is 5.11 Å². The Labute approximate surface area is 145 Å². The Morgan fingerprint density at radius 1 is 1.43 bits per heavy atom. The highest BCUT2D eigenvalue weighted by Crippen LogP contribution is 2.32. The number of nitrogens with zero attached hydrogens (tertiary/aromatic N) is 1. The van der Waals surface area contributed by atoms with E-state index >= 15 is 0 Å². The first-order valence-electron chi connectivity index (χ1n) is 8.12. The maximum atomic E-state index is 9.28. The minimum Gasteiger partial charge on any atom is -0.454 e. The van der Waals surface area contributed by atoms with Crippen molar-refractivity contribution in [2.24, 2.45) is 10.4 Å². The summed E-state index contributed by atoms with van der Waals surface area (Å²) in [5.74, 6) is 1.73. The lowest BCUT2D eigenvalue weighted by Gasteiger charge is -2.24. The third-order valence-corrected chi connectivity index (χ3v) is 4.46. The smallest absolute Gasteiger partial charge is 0.191 e. The first-order valence-corrected chi connectivity index (χ1v) is 8.92. The van der Waals surface area contributed by atoms with Crippen LogP contribution in [0.3, 0.4) is 0 Å². The van der Waals surface area contributed by atoms with Gasteiger partial charge in [0, 0.05) is 38.1 Å². The number of nitrogens with one attached hydrogen (secondary N) is 2. The highest BCUT2D eigenvalue weighted by molar-refractivity contribution is 9.10. The molecule has 1 aromatic rings. The van der Waals surface area contributed by atoms with Gasteiger partial charge in [-0.1, -0.05) is 0 Å². The van der Waals surface area contributed by atoms with Crippen molar-refractivity contribution in [3.8, 4) is 0 Å². The lowest BCUT2D eigenvalue weighted by Crippen LogP contribution is -2.39. The van der Waals surface area contributed by atoms with Gasteiger partial charge in [-0.25, -0.2) is 0 Å². The van der Waals surface area contributed by atoms with E-state index in [1.54, 1.807) is 0 Å². The van der Waals surface area contributed by atoms with Gasteiger partial charge in [-0.3, -0.25) is 4.99 Å². The second kappa shape index (κ2) is 9.30. The number of aliphatic hydroxyl groups excluding tert-OH is 1. The van der Waals surface area contributed by atoms with Crippen LogP contribution in [0.5, 0.6) is 0 Å². The van der Waals surface area contributed by atoms with Gasteiger partial charge >= 0.3 is 0 Å². The zero-order valence-electron chi connectivity index (χ0n) is 13.6. The SMILES string of the molecule is CCNC(=NCC1(CCO)CCOC1)NCCc1ccc(Br)o1. The monoisotopic (exact) mass is 387 g/mol. The first kappa shape index (κ1) is 18.3. The van der Waals surface area contributed by atoms with Crippen LogP contribution < -0.4 is 10.6 Å². The summed E-state index contributed by atoms with van der Waals surface area (Å²) in [5.41, 5.74) is -0.0248. The molecule has 0 saturated carbocycles. The number of halogens is 1. The van der Waals surface area contributed by atoms with Crippen LogP contribution in [0.25, 0.3) is 0 Å². The summed E-state index contributed by atoms with van der Waals surface area (Å²) in [5, 5.41) is 15.9. The molecule has 1 saturated heterocycles. The quantitative estimate of drug-likeness (QED) is 0.469. The topological polar surface area (TPSA) is 79.0 Å². The van der Waals surface area contributed by atoms with Gasteiger partial charge < -0.3 is 24.9 Å². The summed E-state index contributed by atoms with van der Waals surface area (Å²) >= 11 is 3.31. The summed E-state index contributed by atoms with van der Waals surface area (Å²) in [4.78, 5) is 4.69. The van der Waals surface area contributed by atoms with Gasteiger partial charge in [-0.05, 0) is 47.8 Å². The number of hydrogen-bond donors (Lipinski definition) is 3. The predicted octanol–water partition coefficient (Wildman–Crippen LogP) is 1.93. The van der Waals surface area contributed by atoms with E-state index in [0.717, 1.165) is 55.3 Å². The number of hydrogen-bond acceptors (Lipinski definition) is 4. The third-order valence-electron chi connectivity index (χ3n) is 4.04. The molecular formula is C16H26BrN3O3. The van der Waals surface area contributed by atoms with Crippen molar-refractivity contribution >= 4 is 21.9 Å². The molecule has 0 aliphatic carbocycles. The molecular weight excluding hydrogens is 362 g/mol. The van der Waals surface area contributed by atoms with Gasteiger partial charge in [-0.15, -0.1) is 0 Å².